The lowest BCUT2D eigenvalue weighted by Crippen LogP contribution is -2.31. The molecule has 144 valence electrons. The van der Waals surface area contributed by atoms with Crippen molar-refractivity contribution in [2.45, 2.75) is 13.0 Å². The highest BCUT2D eigenvalue weighted by Gasteiger charge is 2.12. The topological polar surface area (TPSA) is 62.2 Å². The molecule has 0 heterocycles. The Morgan fingerprint density at radius 1 is 0.966 bits per heavy atom. The highest BCUT2D eigenvalue weighted by atomic mass is 16.5. The van der Waals surface area contributed by atoms with Gasteiger partial charge in [-0.05, 0) is 46.8 Å². The van der Waals surface area contributed by atoms with Crippen LogP contribution in [-0.4, -0.2) is 18.7 Å². The van der Waals surface area contributed by atoms with E-state index in [2.05, 4.69) is 29.6 Å². The molecule has 0 radical (unpaired) electrons. The third-order valence-electron chi connectivity index (χ3n) is 5.08. The molecule has 4 rings (SSSR count). The van der Waals surface area contributed by atoms with E-state index in [0.29, 0.717) is 5.75 Å². The molecule has 0 aromatic heterocycles. The van der Waals surface area contributed by atoms with E-state index in [1.54, 1.807) is 0 Å². The molecule has 4 nitrogen and oxygen atoms in total. The highest BCUT2D eigenvalue weighted by molar-refractivity contribution is 6.01. The first-order valence-corrected chi connectivity index (χ1v) is 9.59. The Bertz CT molecular complexity index is 1200. The van der Waals surface area contributed by atoms with Gasteiger partial charge in [-0.3, -0.25) is 4.79 Å². The number of hydrogen-bond donors (Lipinski definition) is 2. The standard InChI is InChI=1S/C25H22N2O2/c1-17(19-11-10-18-6-2-3-7-20(18)14-19)27-25(28)16-29-24-13-12-21(15-26)22-8-4-5-9-23(22)24/h2-15,17,26H,16H2,1H3,(H,27,28)/t17-/m0/s1. The smallest absolute Gasteiger partial charge is 0.258 e. The van der Waals surface area contributed by atoms with Gasteiger partial charge in [0.1, 0.15) is 5.75 Å². The summed E-state index contributed by atoms with van der Waals surface area (Å²) in [6.45, 7) is 1.90. The van der Waals surface area contributed by atoms with Crippen LogP contribution in [0, 0.1) is 5.41 Å². The molecule has 2 N–H and O–H groups in total. The third kappa shape index (κ3) is 3.97. The molecule has 0 aliphatic carbocycles. The second kappa shape index (κ2) is 8.15. The maximum absolute atomic E-state index is 12.5. The van der Waals surface area contributed by atoms with Gasteiger partial charge in [0, 0.05) is 17.2 Å². The van der Waals surface area contributed by atoms with Crippen molar-refractivity contribution in [2.75, 3.05) is 6.61 Å². The van der Waals surface area contributed by atoms with Crippen LogP contribution >= 0.6 is 0 Å². The zero-order chi connectivity index (χ0) is 20.2. The second-order valence-electron chi connectivity index (χ2n) is 7.03. The van der Waals surface area contributed by atoms with Crippen LogP contribution in [-0.2, 0) is 4.79 Å². The molecule has 4 aromatic rings. The number of hydrogen-bond acceptors (Lipinski definition) is 3. The molecular formula is C25H22N2O2. The highest BCUT2D eigenvalue weighted by Crippen LogP contribution is 2.28. The summed E-state index contributed by atoms with van der Waals surface area (Å²) >= 11 is 0. The molecule has 0 spiro atoms. The Morgan fingerprint density at radius 3 is 2.48 bits per heavy atom. The van der Waals surface area contributed by atoms with Crippen molar-refractivity contribution < 1.29 is 9.53 Å². The van der Waals surface area contributed by atoms with Crippen molar-refractivity contribution in [1.29, 1.82) is 5.41 Å². The van der Waals surface area contributed by atoms with Gasteiger partial charge < -0.3 is 15.5 Å². The largest absolute Gasteiger partial charge is 0.483 e. The number of carbonyl (C=O) groups excluding carboxylic acids is 1. The number of carbonyl (C=O) groups is 1. The number of nitrogens with one attached hydrogen (secondary N) is 2. The van der Waals surface area contributed by atoms with E-state index in [0.717, 1.165) is 27.3 Å². The van der Waals surface area contributed by atoms with Crippen LogP contribution < -0.4 is 10.1 Å². The van der Waals surface area contributed by atoms with Crippen molar-refractivity contribution in [2.24, 2.45) is 0 Å². The zero-order valence-electron chi connectivity index (χ0n) is 16.2. The molecule has 0 unspecified atom stereocenters. The van der Waals surface area contributed by atoms with Crippen LogP contribution in [0.3, 0.4) is 0 Å². The normalized spacial score (nSPS) is 11.9. The zero-order valence-corrected chi connectivity index (χ0v) is 16.2. The molecule has 0 bridgehead atoms. The number of ether oxygens (including phenoxy) is 1. The summed E-state index contributed by atoms with van der Waals surface area (Å²) in [4.78, 5) is 12.5. The minimum absolute atomic E-state index is 0.0636. The van der Waals surface area contributed by atoms with E-state index in [4.69, 9.17) is 10.1 Å². The van der Waals surface area contributed by atoms with Crippen LogP contribution in [0.25, 0.3) is 21.5 Å². The first-order chi connectivity index (χ1) is 14.2. The summed E-state index contributed by atoms with van der Waals surface area (Å²) < 4.78 is 5.80. The average molecular weight is 382 g/mol. The summed E-state index contributed by atoms with van der Waals surface area (Å²) in [6.07, 6.45) is 1.32. The van der Waals surface area contributed by atoms with E-state index in [-0.39, 0.29) is 18.6 Å². The second-order valence-corrected chi connectivity index (χ2v) is 7.03. The van der Waals surface area contributed by atoms with Crippen LogP contribution in [0.2, 0.25) is 0 Å². The Kier molecular flexibility index (Phi) is 5.25. The molecule has 0 aliphatic rings. The first kappa shape index (κ1) is 18.7. The fourth-order valence-corrected chi connectivity index (χ4v) is 3.53. The summed E-state index contributed by atoms with van der Waals surface area (Å²) in [6, 6.07) is 25.6. The minimum atomic E-state index is -0.175. The lowest BCUT2D eigenvalue weighted by Gasteiger charge is -2.16. The van der Waals surface area contributed by atoms with Crippen LogP contribution in [0.4, 0.5) is 0 Å². The molecule has 4 aromatic carbocycles. The number of fused-ring (bicyclic) bond motifs is 2. The lowest BCUT2D eigenvalue weighted by atomic mass is 10.0. The first-order valence-electron chi connectivity index (χ1n) is 9.59. The number of amides is 1. The van der Waals surface area contributed by atoms with Gasteiger partial charge in [0.05, 0.1) is 6.04 Å². The van der Waals surface area contributed by atoms with Crippen molar-refractivity contribution >= 4 is 33.7 Å². The molecule has 4 heteroatoms. The molecule has 29 heavy (non-hydrogen) atoms. The SMILES string of the molecule is C[C@H](NC(=O)COc1ccc(C=N)c2ccccc12)c1ccc2ccccc2c1. The maximum atomic E-state index is 12.5. The molecule has 0 saturated carbocycles. The van der Waals surface area contributed by atoms with Gasteiger partial charge in [-0.15, -0.1) is 0 Å². The van der Waals surface area contributed by atoms with Crippen molar-refractivity contribution in [3.05, 3.63) is 90.0 Å². The van der Waals surface area contributed by atoms with E-state index in [9.17, 15) is 4.79 Å². The Balaban J connectivity index is 1.44. The van der Waals surface area contributed by atoms with Crippen LogP contribution in [0.1, 0.15) is 24.1 Å². The van der Waals surface area contributed by atoms with Gasteiger partial charge in [0.25, 0.3) is 5.91 Å². The van der Waals surface area contributed by atoms with Gasteiger partial charge in [-0.2, -0.15) is 0 Å². The Labute approximate surface area is 169 Å². The van der Waals surface area contributed by atoms with Gasteiger partial charge >= 0.3 is 0 Å². The monoisotopic (exact) mass is 382 g/mol. The fraction of sp³-hybridized carbons (Fsp3) is 0.120. The molecule has 0 aliphatic heterocycles. The average Bonchev–Trinajstić information content (AvgIpc) is 2.77. The van der Waals surface area contributed by atoms with Gasteiger partial charge in [0.2, 0.25) is 0 Å². The summed E-state index contributed by atoms with van der Waals surface area (Å²) in [7, 11) is 0. The predicted octanol–water partition coefficient (Wildman–Crippen LogP) is 5.25. The minimum Gasteiger partial charge on any atom is -0.483 e. The van der Waals surface area contributed by atoms with E-state index < -0.39 is 0 Å². The molecular weight excluding hydrogens is 360 g/mol. The molecule has 0 fully saturated rings. The molecule has 1 amide bonds. The summed E-state index contributed by atoms with van der Waals surface area (Å²) in [5.74, 6) is 0.463. The van der Waals surface area contributed by atoms with Crippen LogP contribution in [0.5, 0.6) is 5.75 Å². The van der Waals surface area contributed by atoms with E-state index in [1.165, 1.54) is 11.6 Å². The van der Waals surface area contributed by atoms with Crippen LogP contribution in [0.15, 0.2) is 78.9 Å². The molecule has 1 atom stereocenters. The fourth-order valence-electron chi connectivity index (χ4n) is 3.53. The van der Waals surface area contributed by atoms with Crippen molar-refractivity contribution in [3.8, 4) is 5.75 Å². The van der Waals surface area contributed by atoms with Crippen molar-refractivity contribution in [3.63, 3.8) is 0 Å². The molecule has 0 saturated heterocycles. The quantitative estimate of drug-likeness (QED) is 0.448. The lowest BCUT2D eigenvalue weighted by molar-refractivity contribution is -0.123. The maximum Gasteiger partial charge on any atom is 0.258 e. The number of benzene rings is 4. The van der Waals surface area contributed by atoms with E-state index >= 15 is 0 Å². The van der Waals surface area contributed by atoms with Gasteiger partial charge in [-0.25, -0.2) is 0 Å². The summed E-state index contributed by atoms with van der Waals surface area (Å²) in [5, 5.41) is 14.7. The van der Waals surface area contributed by atoms with Crippen molar-refractivity contribution in [1.82, 2.24) is 5.32 Å². The Hall–Kier alpha value is -3.66. The Morgan fingerprint density at radius 2 is 1.69 bits per heavy atom. The van der Waals surface area contributed by atoms with Gasteiger partial charge in [-0.1, -0.05) is 60.7 Å². The van der Waals surface area contributed by atoms with Gasteiger partial charge in [0.15, 0.2) is 6.61 Å². The summed E-state index contributed by atoms with van der Waals surface area (Å²) in [5.41, 5.74) is 1.88. The third-order valence-corrected chi connectivity index (χ3v) is 5.08. The van der Waals surface area contributed by atoms with E-state index in [1.807, 2.05) is 61.5 Å². The number of rotatable bonds is 6. The predicted molar refractivity (Wildman–Crippen MR) is 118 cm³/mol.